The van der Waals surface area contributed by atoms with Gasteiger partial charge in [0, 0.05) is 6.04 Å². The molecule has 7 nitrogen and oxygen atoms in total. The lowest BCUT2D eigenvalue weighted by Crippen LogP contribution is -2.48. The van der Waals surface area contributed by atoms with Crippen molar-refractivity contribution in [2.24, 2.45) is 5.92 Å². The van der Waals surface area contributed by atoms with E-state index in [2.05, 4.69) is 4.98 Å². The molecule has 1 aliphatic heterocycles. The molecule has 1 aliphatic carbocycles. The molecule has 2 aliphatic rings. The van der Waals surface area contributed by atoms with Gasteiger partial charge in [0.05, 0.1) is 11.0 Å². The molecule has 2 aromatic rings. The summed E-state index contributed by atoms with van der Waals surface area (Å²) in [6.07, 6.45) is 4.46. The van der Waals surface area contributed by atoms with Crippen LogP contribution in [0.25, 0.3) is 11.0 Å². The first kappa shape index (κ1) is 15.9. The number of likely N-dealkylation sites (tertiary alicyclic amines) is 1. The maximum Gasteiger partial charge on any atom is 0.326 e. The molecule has 7 heteroatoms. The molecule has 1 aromatic carbocycles. The molecule has 25 heavy (non-hydrogen) atoms. The van der Waals surface area contributed by atoms with E-state index in [0.29, 0.717) is 17.5 Å². The molecule has 2 heterocycles. The summed E-state index contributed by atoms with van der Waals surface area (Å²) < 4.78 is 1.40. The highest BCUT2D eigenvalue weighted by atomic mass is 16.4. The maximum absolute atomic E-state index is 13.0. The summed E-state index contributed by atoms with van der Waals surface area (Å²) in [7, 11) is 0. The molecule has 3 atom stereocenters. The van der Waals surface area contributed by atoms with E-state index in [-0.39, 0.29) is 30.1 Å². The number of imidazole rings is 1. The summed E-state index contributed by atoms with van der Waals surface area (Å²) in [5.74, 6) is -0.971. The van der Waals surface area contributed by atoms with Crippen molar-refractivity contribution in [3.63, 3.8) is 0 Å². The molecular formula is C18H21N3O4. The van der Waals surface area contributed by atoms with Gasteiger partial charge in [-0.1, -0.05) is 25.0 Å². The number of carbonyl (C=O) groups excluding carboxylic acids is 1. The fourth-order valence-electron chi connectivity index (χ4n) is 4.52. The Hall–Kier alpha value is -2.57. The normalized spacial score (nSPS) is 25.9. The molecule has 0 radical (unpaired) electrons. The molecular weight excluding hydrogens is 322 g/mol. The number of amides is 1. The van der Waals surface area contributed by atoms with Crippen LogP contribution in [0.2, 0.25) is 0 Å². The van der Waals surface area contributed by atoms with Gasteiger partial charge in [0.15, 0.2) is 0 Å². The number of aliphatic carboxylic acids is 1. The Morgan fingerprint density at radius 1 is 1.20 bits per heavy atom. The van der Waals surface area contributed by atoms with Crippen molar-refractivity contribution in [1.82, 2.24) is 14.5 Å². The summed E-state index contributed by atoms with van der Waals surface area (Å²) in [5, 5.41) is 9.56. The van der Waals surface area contributed by atoms with E-state index in [1.54, 1.807) is 17.0 Å². The summed E-state index contributed by atoms with van der Waals surface area (Å²) in [6.45, 7) is -0.129. The lowest BCUT2D eigenvalue weighted by atomic mass is 9.85. The second kappa shape index (κ2) is 6.06. The fraction of sp³-hybridized carbons (Fsp3) is 0.500. The number of benzene rings is 1. The molecule has 4 rings (SSSR count). The Balaban J connectivity index is 1.65. The van der Waals surface area contributed by atoms with Crippen molar-refractivity contribution in [3.8, 4) is 0 Å². The van der Waals surface area contributed by atoms with Crippen LogP contribution in [0.3, 0.4) is 0 Å². The zero-order chi connectivity index (χ0) is 17.6. The van der Waals surface area contributed by atoms with Crippen molar-refractivity contribution in [3.05, 3.63) is 34.7 Å². The maximum atomic E-state index is 13.0. The third kappa shape index (κ3) is 2.63. The van der Waals surface area contributed by atoms with Crippen LogP contribution in [0, 0.1) is 5.92 Å². The average Bonchev–Trinajstić information content (AvgIpc) is 3.13. The van der Waals surface area contributed by atoms with Crippen LogP contribution in [-0.2, 0) is 16.1 Å². The minimum atomic E-state index is -0.950. The standard InChI is InChI=1S/C18H21N3O4/c22-16(10-20-14-8-4-2-6-12(14)19-18(20)25)21-13-7-3-1-5-11(13)9-15(21)17(23)24/h2,4,6,8,11,13,15H,1,3,5,7,9-10H2,(H,19,25)(H,23,24). The number of hydrogen-bond donors (Lipinski definition) is 2. The lowest BCUT2D eigenvalue weighted by molar-refractivity contribution is -0.150. The zero-order valence-corrected chi connectivity index (χ0v) is 13.9. The topological polar surface area (TPSA) is 95.4 Å². The summed E-state index contributed by atoms with van der Waals surface area (Å²) in [6, 6.07) is 6.40. The SMILES string of the molecule is O=C(O)C1CC2CCCCC2N1C(=O)Cn1c(=O)[nH]c2ccccc21. The number of nitrogens with zero attached hydrogens (tertiary/aromatic N) is 2. The molecule has 1 amide bonds. The number of nitrogens with one attached hydrogen (secondary N) is 1. The number of hydrogen-bond acceptors (Lipinski definition) is 3. The molecule has 1 saturated carbocycles. The van der Waals surface area contributed by atoms with Gasteiger partial charge in [0.25, 0.3) is 0 Å². The van der Waals surface area contributed by atoms with Crippen LogP contribution in [-0.4, -0.2) is 43.5 Å². The van der Waals surface area contributed by atoms with Gasteiger partial charge in [-0.15, -0.1) is 0 Å². The van der Waals surface area contributed by atoms with Crippen molar-refractivity contribution in [2.75, 3.05) is 0 Å². The second-order valence-corrected chi connectivity index (χ2v) is 7.04. The van der Waals surface area contributed by atoms with Crippen molar-refractivity contribution < 1.29 is 14.7 Å². The second-order valence-electron chi connectivity index (χ2n) is 7.04. The molecule has 2 fully saturated rings. The van der Waals surface area contributed by atoms with Gasteiger partial charge in [0.2, 0.25) is 5.91 Å². The highest BCUT2D eigenvalue weighted by Gasteiger charge is 2.47. The fourth-order valence-corrected chi connectivity index (χ4v) is 4.52. The van der Waals surface area contributed by atoms with Crippen LogP contribution in [0.15, 0.2) is 29.1 Å². The Kier molecular flexibility index (Phi) is 3.86. The first-order chi connectivity index (χ1) is 12.1. The van der Waals surface area contributed by atoms with Crippen molar-refractivity contribution in [2.45, 2.75) is 50.7 Å². The number of aromatic nitrogens is 2. The largest absolute Gasteiger partial charge is 0.480 e. The summed E-state index contributed by atoms with van der Waals surface area (Å²) in [5.41, 5.74) is 0.986. The van der Waals surface area contributed by atoms with E-state index in [1.165, 1.54) is 4.57 Å². The van der Waals surface area contributed by atoms with E-state index < -0.39 is 12.0 Å². The smallest absolute Gasteiger partial charge is 0.326 e. The molecule has 0 bridgehead atoms. The number of para-hydroxylation sites is 2. The van der Waals surface area contributed by atoms with E-state index >= 15 is 0 Å². The van der Waals surface area contributed by atoms with Gasteiger partial charge in [-0.3, -0.25) is 9.36 Å². The lowest BCUT2D eigenvalue weighted by Gasteiger charge is -2.33. The Labute approximate surface area is 144 Å². The summed E-state index contributed by atoms with van der Waals surface area (Å²) >= 11 is 0. The Bertz CT molecular complexity index is 884. The molecule has 3 unspecified atom stereocenters. The number of fused-ring (bicyclic) bond motifs is 2. The number of rotatable bonds is 3. The van der Waals surface area contributed by atoms with Gasteiger partial charge in [0.1, 0.15) is 12.6 Å². The minimum absolute atomic E-state index is 0.0109. The molecule has 132 valence electrons. The number of carboxylic acid groups (broad SMARTS) is 1. The van der Waals surface area contributed by atoms with E-state index in [1.807, 2.05) is 12.1 Å². The first-order valence-electron chi connectivity index (χ1n) is 8.78. The van der Waals surface area contributed by atoms with Crippen LogP contribution < -0.4 is 5.69 Å². The van der Waals surface area contributed by atoms with Gasteiger partial charge < -0.3 is 15.0 Å². The number of aromatic amines is 1. The average molecular weight is 343 g/mol. The van der Waals surface area contributed by atoms with Crippen LogP contribution in [0.1, 0.15) is 32.1 Å². The van der Waals surface area contributed by atoms with Gasteiger partial charge in [-0.2, -0.15) is 0 Å². The van der Waals surface area contributed by atoms with Crippen LogP contribution in [0.5, 0.6) is 0 Å². The quantitative estimate of drug-likeness (QED) is 0.884. The summed E-state index contributed by atoms with van der Waals surface area (Å²) in [4.78, 5) is 41.1. The Morgan fingerprint density at radius 3 is 2.76 bits per heavy atom. The monoisotopic (exact) mass is 343 g/mol. The van der Waals surface area contributed by atoms with E-state index in [0.717, 1.165) is 25.7 Å². The van der Waals surface area contributed by atoms with Crippen LogP contribution in [0.4, 0.5) is 0 Å². The zero-order valence-electron chi connectivity index (χ0n) is 13.9. The number of H-pyrrole nitrogens is 1. The van der Waals surface area contributed by atoms with Gasteiger partial charge in [-0.05, 0) is 37.3 Å². The highest BCUT2D eigenvalue weighted by Crippen LogP contribution is 2.40. The minimum Gasteiger partial charge on any atom is -0.480 e. The number of carboxylic acids is 1. The van der Waals surface area contributed by atoms with E-state index in [4.69, 9.17) is 0 Å². The van der Waals surface area contributed by atoms with Crippen LogP contribution >= 0.6 is 0 Å². The van der Waals surface area contributed by atoms with Gasteiger partial charge >= 0.3 is 11.7 Å². The molecule has 1 aromatic heterocycles. The van der Waals surface area contributed by atoms with Crippen molar-refractivity contribution >= 4 is 22.9 Å². The Morgan fingerprint density at radius 2 is 1.96 bits per heavy atom. The third-order valence-corrected chi connectivity index (χ3v) is 5.64. The molecule has 0 spiro atoms. The predicted molar refractivity (Wildman–Crippen MR) is 91.2 cm³/mol. The first-order valence-corrected chi connectivity index (χ1v) is 8.78. The third-order valence-electron chi connectivity index (χ3n) is 5.64. The number of carbonyl (C=O) groups is 2. The molecule has 2 N–H and O–H groups in total. The van der Waals surface area contributed by atoms with Crippen molar-refractivity contribution in [1.29, 1.82) is 0 Å². The van der Waals surface area contributed by atoms with Gasteiger partial charge in [-0.25, -0.2) is 9.59 Å². The van der Waals surface area contributed by atoms with E-state index in [9.17, 15) is 19.5 Å². The highest BCUT2D eigenvalue weighted by molar-refractivity contribution is 5.86. The molecule has 1 saturated heterocycles. The predicted octanol–water partition coefficient (Wildman–Crippen LogP) is 1.57.